The highest BCUT2D eigenvalue weighted by Gasteiger charge is 1.95. The van der Waals surface area contributed by atoms with E-state index in [2.05, 4.69) is 10.3 Å². The average molecular weight is 207 g/mol. The van der Waals surface area contributed by atoms with E-state index >= 15 is 0 Å². The third-order valence-electron chi connectivity index (χ3n) is 1.38. The Bertz CT molecular complexity index is 389. The molecule has 1 aromatic rings. The molecule has 0 fully saturated rings. The molecule has 0 aliphatic rings. The van der Waals surface area contributed by atoms with Crippen molar-refractivity contribution in [1.82, 2.24) is 10.3 Å². The number of amides is 1. The number of aromatic nitrogens is 1. The number of carbonyl (C=O) groups is 1. The first-order valence-electron chi connectivity index (χ1n) is 3.97. The predicted octanol–water partition coefficient (Wildman–Crippen LogP) is 1.10. The SMILES string of the molecule is Cc1nc(/C=C/C(=O)NCC#N)cs1. The second-order valence-electron chi connectivity index (χ2n) is 2.50. The van der Waals surface area contributed by atoms with Gasteiger partial charge in [0.2, 0.25) is 5.91 Å². The maximum Gasteiger partial charge on any atom is 0.244 e. The van der Waals surface area contributed by atoms with Crippen molar-refractivity contribution in [2.75, 3.05) is 6.54 Å². The van der Waals surface area contributed by atoms with Crippen LogP contribution in [0.15, 0.2) is 11.5 Å². The summed E-state index contributed by atoms with van der Waals surface area (Å²) in [5.41, 5.74) is 0.764. The molecule has 0 spiro atoms. The largest absolute Gasteiger partial charge is 0.339 e. The second-order valence-corrected chi connectivity index (χ2v) is 3.56. The van der Waals surface area contributed by atoms with Gasteiger partial charge in [-0.25, -0.2) is 4.98 Å². The molecular formula is C9H9N3OS. The van der Waals surface area contributed by atoms with Crippen LogP contribution in [-0.2, 0) is 4.79 Å². The lowest BCUT2D eigenvalue weighted by Crippen LogP contribution is -2.20. The number of hydrogen-bond donors (Lipinski definition) is 1. The molecule has 1 amide bonds. The Kier molecular flexibility index (Phi) is 3.83. The van der Waals surface area contributed by atoms with Gasteiger partial charge in [-0.05, 0) is 13.0 Å². The average Bonchev–Trinajstić information content (AvgIpc) is 2.58. The van der Waals surface area contributed by atoms with Crippen LogP contribution in [0.25, 0.3) is 6.08 Å². The lowest BCUT2D eigenvalue weighted by molar-refractivity contribution is -0.116. The first-order chi connectivity index (χ1) is 6.72. The zero-order valence-corrected chi connectivity index (χ0v) is 8.47. The summed E-state index contributed by atoms with van der Waals surface area (Å²) in [4.78, 5) is 15.2. The minimum atomic E-state index is -0.280. The van der Waals surface area contributed by atoms with Crippen LogP contribution in [0, 0.1) is 18.3 Å². The van der Waals surface area contributed by atoms with Gasteiger partial charge in [0.15, 0.2) is 0 Å². The van der Waals surface area contributed by atoms with Gasteiger partial charge in [0.1, 0.15) is 6.54 Å². The van der Waals surface area contributed by atoms with Crippen LogP contribution in [0.2, 0.25) is 0 Å². The lowest BCUT2D eigenvalue weighted by atomic mass is 10.4. The van der Waals surface area contributed by atoms with Crippen LogP contribution in [0.4, 0.5) is 0 Å². The number of thiazole rings is 1. The van der Waals surface area contributed by atoms with Crippen molar-refractivity contribution in [1.29, 1.82) is 5.26 Å². The number of nitrogens with one attached hydrogen (secondary N) is 1. The molecule has 1 rings (SSSR count). The highest BCUT2D eigenvalue weighted by atomic mass is 32.1. The fourth-order valence-corrected chi connectivity index (χ4v) is 1.38. The summed E-state index contributed by atoms with van der Waals surface area (Å²) in [7, 11) is 0. The first kappa shape index (κ1) is 10.4. The molecule has 1 heterocycles. The van der Waals surface area contributed by atoms with Crippen molar-refractivity contribution < 1.29 is 4.79 Å². The Morgan fingerprint density at radius 1 is 1.86 bits per heavy atom. The van der Waals surface area contributed by atoms with Gasteiger partial charge in [-0.2, -0.15) is 5.26 Å². The standard InChI is InChI=1S/C9H9N3OS/c1-7-12-8(6-14-7)2-3-9(13)11-5-4-10/h2-3,6H,5H2,1H3,(H,11,13)/b3-2+. The lowest BCUT2D eigenvalue weighted by Gasteiger charge is -1.91. The Morgan fingerprint density at radius 3 is 3.21 bits per heavy atom. The maximum atomic E-state index is 11.0. The molecular weight excluding hydrogens is 198 g/mol. The number of hydrogen-bond acceptors (Lipinski definition) is 4. The van der Waals surface area contributed by atoms with E-state index in [4.69, 9.17) is 5.26 Å². The van der Waals surface area contributed by atoms with Gasteiger partial charge in [0, 0.05) is 11.5 Å². The van der Waals surface area contributed by atoms with Crippen molar-refractivity contribution >= 4 is 23.3 Å². The molecule has 14 heavy (non-hydrogen) atoms. The van der Waals surface area contributed by atoms with E-state index in [-0.39, 0.29) is 12.5 Å². The van der Waals surface area contributed by atoms with Crippen LogP contribution in [0.1, 0.15) is 10.7 Å². The number of nitrogens with zero attached hydrogens (tertiary/aromatic N) is 2. The zero-order chi connectivity index (χ0) is 10.4. The van der Waals surface area contributed by atoms with Gasteiger partial charge >= 0.3 is 0 Å². The Labute approximate surface area is 85.9 Å². The number of carbonyl (C=O) groups excluding carboxylic acids is 1. The Hall–Kier alpha value is -1.67. The van der Waals surface area contributed by atoms with Crippen LogP contribution in [-0.4, -0.2) is 17.4 Å². The van der Waals surface area contributed by atoms with Crippen molar-refractivity contribution in [2.24, 2.45) is 0 Å². The second kappa shape index (κ2) is 5.14. The summed E-state index contributed by atoms with van der Waals surface area (Å²) in [6.45, 7) is 1.93. The van der Waals surface area contributed by atoms with Gasteiger partial charge in [-0.1, -0.05) is 0 Å². The van der Waals surface area contributed by atoms with Crippen molar-refractivity contribution in [3.05, 3.63) is 22.2 Å². The highest BCUT2D eigenvalue weighted by molar-refractivity contribution is 7.09. The van der Waals surface area contributed by atoms with Gasteiger partial charge in [-0.3, -0.25) is 4.79 Å². The third-order valence-corrected chi connectivity index (χ3v) is 2.18. The van der Waals surface area contributed by atoms with E-state index in [9.17, 15) is 4.79 Å². The van der Waals surface area contributed by atoms with Crippen molar-refractivity contribution in [3.63, 3.8) is 0 Å². The number of nitriles is 1. The van der Waals surface area contributed by atoms with Crippen molar-refractivity contribution in [3.8, 4) is 6.07 Å². The summed E-state index contributed by atoms with van der Waals surface area (Å²) < 4.78 is 0. The minimum Gasteiger partial charge on any atom is -0.339 e. The third kappa shape index (κ3) is 3.37. The quantitative estimate of drug-likeness (QED) is 0.596. The molecule has 0 bridgehead atoms. The van der Waals surface area contributed by atoms with Gasteiger partial charge < -0.3 is 5.32 Å². The number of aryl methyl sites for hydroxylation is 1. The molecule has 0 aliphatic heterocycles. The monoisotopic (exact) mass is 207 g/mol. The van der Waals surface area contributed by atoms with E-state index in [0.717, 1.165) is 10.7 Å². The molecule has 1 N–H and O–H groups in total. The molecule has 5 heteroatoms. The fourth-order valence-electron chi connectivity index (χ4n) is 0.803. The Balaban J connectivity index is 2.48. The van der Waals surface area contributed by atoms with E-state index in [1.54, 1.807) is 6.08 Å². The summed E-state index contributed by atoms with van der Waals surface area (Å²) >= 11 is 1.53. The van der Waals surface area contributed by atoms with E-state index < -0.39 is 0 Å². The summed E-state index contributed by atoms with van der Waals surface area (Å²) in [5.74, 6) is -0.280. The first-order valence-corrected chi connectivity index (χ1v) is 4.85. The van der Waals surface area contributed by atoms with Gasteiger partial charge in [0.05, 0.1) is 16.8 Å². The molecule has 4 nitrogen and oxygen atoms in total. The van der Waals surface area contributed by atoms with Gasteiger partial charge in [0.25, 0.3) is 0 Å². The summed E-state index contributed by atoms with van der Waals surface area (Å²) in [6, 6.07) is 1.82. The van der Waals surface area contributed by atoms with E-state index in [1.165, 1.54) is 17.4 Å². The van der Waals surface area contributed by atoms with Crippen LogP contribution >= 0.6 is 11.3 Å². The molecule has 0 aliphatic carbocycles. The Morgan fingerprint density at radius 2 is 2.64 bits per heavy atom. The zero-order valence-electron chi connectivity index (χ0n) is 7.65. The molecule has 0 radical (unpaired) electrons. The van der Waals surface area contributed by atoms with E-state index in [1.807, 2.05) is 18.4 Å². The summed E-state index contributed by atoms with van der Waals surface area (Å²) in [6.07, 6.45) is 2.99. The highest BCUT2D eigenvalue weighted by Crippen LogP contribution is 2.08. The molecule has 0 saturated carbocycles. The van der Waals surface area contributed by atoms with Crippen molar-refractivity contribution in [2.45, 2.75) is 6.92 Å². The predicted molar refractivity (Wildman–Crippen MR) is 54.5 cm³/mol. The minimum absolute atomic E-state index is 0.0271. The normalized spacial score (nSPS) is 10.0. The molecule has 0 aromatic carbocycles. The summed E-state index contributed by atoms with van der Waals surface area (Å²) in [5, 5.41) is 13.4. The maximum absolute atomic E-state index is 11.0. The topological polar surface area (TPSA) is 65.8 Å². The fraction of sp³-hybridized carbons (Fsp3) is 0.222. The van der Waals surface area contributed by atoms with E-state index in [0.29, 0.717) is 0 Å². The molecule has 1 aromatic heterocycles. The van der Waals surface area contributed by atoms with Crippen LogP contribution in [0.3, 0.4) is 0 Å². The molecule has 0 unspecified atom stereocenters. The molecule has 72 valence electrons. The van der Waals surface area contributed by atoms with Gasteiger partial charge in [-0.15, -0.1) is 11.3 Å². The van der Waals surface area contributed by atoms with Crippen LogP contribution in [0.5, 0.6) is 0 Å². The molecule has 0 saturated heterocycles. The number of rotatable bonds is 3. The smallest absolute Gasteiger partial charge is 0.244 e. The molecule has 0 atom stereocenters. The van der Waals surface area contributed by atoms with Crippen LogP contribution < -0.4 is 5.32 Å².